The van der Waals surface area contributed by atoms with Crippen molar-refractivity contribution in [2.75, 3.05) is 32.1 Å². The highest BCUT2D eigenvalue weighted by Crippen LogP contribution is 2.08. The van der Waals surface area contributed by atoms with Crippen molar-refractivity contribution in [2.45, 2.75) is 18.9 Å². The molecule has 1 fully saturated rings. The molecular weight excluding hydrogens is 184 g/mol. The van der Waals surface area contributed by atoms with E-state index in [-0.39, 0.29) is 11.9 Å². The molecule has 0 saturated carbocycles. The molecule has 0 radical (unpaired) electrons. The topological polar surface area (TPSA) is 32.3 Å². The molecule has 1 atom stereocenters. The molecule has 76 valence electrons. The molecule has 1 aliphatic heterocycles. The van der Waals surface area contributed by atoms with Crippen LogP contribution in [0.25, 0.3) is 0 Å². The minimum Gasteiger partial charge on any atom is -0.344 e. The molecule has 3 nitrogen and oxygen atoms in total. The molecule has 0 aromatic heterocycles. The Morgan fingerprint density at radius 3 is 3.00 bits per heavy atom. The summed E-state index contributed by atoms with van der Waals surface area (Å²) in [6.07, 6.45) is 4.22. The van der Waals surface area contributed by atoms with Gasteiger partial charge in [0.15, 0.2) is 0 Å². The first-order chi connectivity index (χ1) is 6.25. The molecule has 1 saturated heterocycles. The van der Waals surface area contributed by atoms with Gasteiger partial charge in [0.25, 0.3) is 0 Å². The molecule has 1 N–H and O–H groups in total. The van der Waals surface area contributed by atoms with Gasteiger partial charge in [-0.05, 0) is 31.4 Å². The van der Waals surface area contributed by atoms with Crippen LogP contribution < -0.4 is 5.32 Å². The molecule has 0 aromatic carbocycles. The zero-order valence-corrected chi connectivity index (χ0v) is 9.19. The Bertz CT molecular complexity index is 175. The number of carbonyl (C=O) groups is 1. The van der Waals surface area contributed by atoms with Crippen LogP contribution in [0, 0.1) is 0 Å². The van der Waals surface area contributed by atoms with Crippen molar-refractivity contribution >= 4 is 17.7 Å². The van der Waals surface area contributed by atoms with Crippen LogP contribution in [0.1, 0.15) is 12.8 Å². The van der Waals surface area contributed by atoms with Crippen LogP contribution in [0.3, 0.4) is 0 Å². The van der Waals surface area contributed by atoms with Crippen molar-refractivity contribution in [3.8, 4) is 0 Å². The van der Waals surface area contributed by atoms with E-state index in [0.29, 0.717) is 0 Å². The van der Waals surface area contributed by atoms with Crippen LogP contribution in [0.2, 0.25) is 0 Å². The summed E-state index contributed by atoms with van der Waals surface area (Å²) in [5, 5.41) is 3.29. The Balaban J connectivity index is 2.12. The van der Waals surface area contributed by atoms with E-state index in [1.54, 1.807) is 4.90 Å². The number of amides is 1. The lowest BCUT2D eigenvalue weighted by atomic mass is 10.2. The molecule has 1 aliphatic rings. The first kappa shape index (κ1) is 10.9. The van der Waals surface area contributed by atoms with Crippen LogP contribution in [-0.4, -0.2) is 49.0 Å². The highest BCUT2D eigenvalue weighted by molar-refractivity contribution is 7.98. The van der Waals surface area contributed by atoms with E-state index in [1.165, 1.54) is 5.75 Å². The molecule has 1 rings (SSSR count). The Morgan fingerprint density at radius 1 is 1.69 bits per heavy atom. The standard InChI is InChI=1S/C9H18N2OS/c1-11-6-4-8(9(11)12)10-5-3-7-13-2/h8,10H,3-7H2,1-2H3. The predicted molar refractivity (Wildman–Crippen MR) is 57.0 cm³/mol. The van der Waals surface area contributed by atoms with E-state index < -0.39 is 0 Å². The third-order valence-electron chi connectivity index (χ3n) is 2.34. The fraction of sp³-hybridized carbons (Fsp3) is 0.889. The fourth-order valence-corrected chi connectivity index (χ4v) is 1.94. The summed E-state index contributed by atoms with van der Waals surface area (Å²) in [4.78, 5) is 13.2. The molecule has 1 amide bonds. The smallest absolute Gasteiger partial charge is 0.239 e. The Morgan fingerprint density at radius 2 is 2.46 bits per heavy atom. The van der Waals surface area contributed by atoms with E-state index in [0.717, 1.165) is 25.9 Å². The van der Waals surface area contributed by atoms with Crippen LogP contribution in [0.15, 0.2) is 0 Å². The van der Waals surface area contributed by atoms with Gasteiger partial charge in [-0.25, -0.2) is 0 Å². The zero-order valence-electron chi connectivity index (χ0n) is 8.38. The van der Waals surface area contributed by atoms with Crippen LogP contribution in [0.4, 0.5) is 0 Å². The Kier molecular flexibility index (Phi) is 4.59. The third kappa shape index (κ3) is 3.19. The van der Waals surface area contributed by atoms with Gasteiger partial charge in [0.2, 0.25) is 5.91 Å². The Hall–Kier alpha value is -0.220. The van der Waals surface area contributed by atoms with Gasteiger partial charge in [-0.1, -0.05) is 0 Å². The van der Waals surface area contributed by atoms with Gasteiger partial charge in [-0.3, -0.25) is 4.79 Å². The second-order valence-electron chi connectivity index (χ2n) is 3.40. The minimum absolute atomic E-state index is 0.0897. The van der Waals surface area contributed by atoms with Gasteiger partial charge < -0.3 is 10.2 Å². The van der Waals surface area contributed by atoms with E-state index in [9.17, 15) is 4.79 Å². The van der Waals surface area contributed by atoms with Crippen LogP contribution in [0.5, 0.6) is 0 Å². The number of thioether (sulfide) groups is 1. The summed E-state index contributed by atoms with van der Waals surface area (Å²) >= 11 is 1.85. The maximum absolute atomic E-state index is 11.4. The van der Waals surface area contributed by atoms with Gasteiger partial charge >= 0.3 is 0 Å². The maximum Gasteiger partial charge on any atom is 0.239 e. The normalized spacial score (nSPS) is 22.8. The van der Waals surface area contributed by atoms with Crippen molar-refractivity contribution in [3.63, 3.8) is 0 Å². The van der Waals surface area contributed by atoms with Crippen molar-refractivity contribution in [1.29, 1.82) is 0 Å². The summed E-state index contributed by atoms with van der Waals surface area (Å²) in [6.45, 7) is 1.87. The summed E-state index contributed by atoms with van der Waals surface area (Å²) in [7, 11) is 1.87. The molecule has 0 aromatic rings. The van der Waals surface area contributed by atoms with Gasteiger partial charge in [0.05, 0.1) is 6.04 Å². The average molecular weight is 202 g/mol. The summed E-state index contributed by atoms with van der Waals surface area (Å²) in [5.41, 5.74) is 0. The molecular formula is C9H18N2OS. The molecule has 0 bridgehead atoms. The number of nitrogens with one attached hydrogen (secondary N) is 1. The summed E-state index contributed by atoms with van der Waals surface area (Å²) in [6, 6.07) is 0.0897. The second-order valence-corrected chi connectivity index (χ2v) is 4.39. The van der Waals surface area contributed by atoms with E-state index in [1.807, 2.05) is 18.8 Å². The summed E-state index contributed by atoms with van der Waals surface area (Å²) in [5.74, 6) is 1.42. The van der Waals surface area contributed by atoms with Gasteiger partial charge in [-0.2, -0.15) is 11.8 Å². The number of rotatable bonds is 5. The molecule has 1 heterocycles. The lowest BCUT2D eigenvalue weighted by Crippen LogP contribution is -2.37. The molecule has 0 aliphatic carbocycles. The van der Waals surface area contributed by atoms with Crippen molar-refractivity contribution < 1.29 is 4.79 Å². The van der Waals surface area contributed by atoms with Gasteiger partial charge in [-0.15, -0.1) is 0 Å². The van der Waals surface area contributed by atoms with E-state index in [4.69, 9.17) is 0 Å². The van der Waals surface area contributed by atoms with E-state index >= 15 is 0 Å². The number of likely N-dealkylation sites (tertiary alicyclic amines) is 1. The molecule has 4 heteroatoms. The first-order valence-corrected chi connectivity index (χ1v) is 6.12. The average Bonchev–Trinajstić information content (AvgIpc) is 2.43. The first-order valence-electron chi connectivity index (χ1n) is 4.73. The van der Waals surface area contributed by atoms with Gasteiger partial charge in [0, 0.05) is 13.6 Å². The number of hydrogen-bond acceptors (Lipinski definition) is 3. The lowest BCUT2D eigenvalue weighted by molar-refractivity contribution is -0.128. The second kappa shape index (κ2) is 5.50. The molecule has 13 heavy (non-hydrogen) atoms. The monoisotopic (exact) mass is 202 g/mol. The molecule has 1 unspecified atom stereocenters. The highest BCUT2D eigenvalue weighted by Gasteiger charge is 2.27. The number of nitrogens with zero attached hydrogens (tertiary/aromatic N) is 1. The fourth-order valence-electron chi connectivity index (χ4n) is 1.50. The number of likely N-dealkylation sites (N-methyl/N-ethyl adjacent to an activating group) is 1. The third-order valence-corrected chi connectivity index (χ3v) is 3.04. The van der Waals surface area contributed by atoms with Crippen molar-refractivity contribution in [3.05, 3.63) is 0 Å². The lowest BCUT2D eigenvalue weighted by Gasteiger charge is -2.11. The SMILES string of the molecule is CSCCCNC1CCN(C)C1=O. The van der Waals surface area contributed by atoms with E-state index in [2.05, 4.69) is 11.6 Å². The van der Waals surface area contributed by atoms with Crippen molar-refractivity contribution in [2.24, 2.45) is 0 Å². The zero-order chi connectivity index (χ0) is 9.68. The largest absolute Gasteiger partial charge is 0.344 e. The van der Waals surface area contributed by atoms with Crippen LogP contribution >= 0.6 is 11.8 Å². The number of hydrogen-bond donors (Lipinski definition) is 1. The molecule has 0 spiro atoms. The maximum atomic E-state index is 11.4. The van der Waals surface area contributed by atoms with Gasteiger partial charge in [0.1, 0.15) is 0 Å². The summed E-state index contributed by atoms with van der Waals surface area (Å²) < 4.78 is 0. The minimum atomic E-state index is 0.0897. The number of carbonyl (C=O) groups excluding carboxylic acids is 1. The predicted octanol–water partition coefficient (Wildman–Crippen LogP) is 0.560. The highest BCUT2D eigenvalue weighted by atomic mass is 32.2. The van der Waals surface area contributed by atoms with Crippen LogP contribution in [-0.2, 0) is 4.79 Å². The van der Waals surface area contributed by atoms with Crippen molar-refractivity contribution in [1.82, 2.24) is 10.2 Å². The quantitative estimate of drug-likeness (QED) is 0.661. The Labute approximate surface area is 84.2 Å².